The molecule has 0 aliphatic carbocycles. The lowest BCUT2D eigenvalue weighted by molar-refractivity contribution is -0.116. The van der Waals surface area contributed by atoms with Crippen LogP contribution in [0.2, 0.25) is 5.02 Å². The summed E-state index contributed by atoms with van der Waals surface area (Å²) in [6.07, 6.45) is 0.334. The Balaban J connectivity index is 1.91. The van der Waals surface area contributed by atoms with E-state index in [0.29, 0.717) is 35.2 Å². The lowest BCUT2D eigenvalue weighted by atomic mass is 10.2. The summed E-state index contributed by atoms with van der Waals surface area (Å²) in [6, 6.07) is 12.7. The standard InChI is InChI=1S/C19H23ClN2O3/c1-13(2)25-18-7-5-4-6-15(18)22-19(23)10-11-21-16-12-14(20)8-9-17(16)24-3/h4-9,12-13,21H,10-11H2,1-3H3,(H,22,23). The van der Waals surface area contributed by atoms with Crippen LogP contribution in [0.5, 0.6) is 11.5 Å². The first kappa shape index (κ1) is 18.9. The number of rotatable bonds is 8. The summed E-state index contributed by atoms with van der Waals surface area (Å²) in [6.45, 7) is 4.34. The van der Waals surface area contributed by atoms with Gasteiger partial charge in [-0.05, 0) is 44.2 Å². The van der Waals surface area contributed by atoms with Gasteiger partial charge in [0.1, 0.15) is 11.5 Å². The maximum atomic E-state index is 12.2. The molecule has 134 valence electrons. The van der Waals surface area contributed by atoms with Gasteiger partial charge in [-0.2, -0.15) is 0 Å². The molecular formula is C19H23ClN2O3. The summed E-state index contributed by atoms with van der Waals surface area (Å²) in [7, 11) is 1.59. The largest absolute Gasteiger partial charge is 0.495 e. The number of ether oxygens (including phenoxy) is 2. The van der Waals surface area contributed by atoms with Crippen molar-refractivity contribution in [3.05, 3.63) is 47.5 Å². The minimum absolute atomic E-state index is 0.0370. The first-order valence-electron chi connectivity index (χ1n) is 8.12. The first-order chi connectivity index (χ1) is 12.0. The fraction of sp³-hybridized carbons (Fsp3) is 0.316. The van der Waals surface area contributed by atoms with Crippen LogP contribution in [0.3, 0.4) is 0 Å². The summed E-state index contributed by atoms with van der Waals surface area (Å²) in [5.74, 6) is 1.24. The molecule has 0 heterocycles. The fourth-order valence-electron chi connectivity index (χ4n) is 2.27. The molecule has 0 bridgehead atoms. The van der Waals surface area contributed by atoms with Crippen LogP contribution in [0.4, 0.5) is 11.4 Å². The molecule has 2 aromatic carbocycles. The van der Waals surface area contributed by atoms with Crippen molar-refractivity contribution < 1.29 is 14.3 Å². The van der Waals surface area contributed by atoms with Crippen molar-refractivity contribution in [1.29, 1.82) is 0 Å². The van der Waals surface area contributed by atoms with E-state index in [1.807, 2.05) is 38.1 Å². The number of methoxy groups -OCH3 is 1. The number of hydrogen-bond donors (Lipinski definition) is 2. The molecule has 0 unspecified atom stereocenters. The van der Waals surface area contributed by atoms with Crippen LogP contribution in [-0.2, 0) is 4.79 Å². The molecule has 0 saturated carbocycles. The molecule has 2 aromatic rings. The first-order valence-corrected chi connectivity index (χ1v) is 8.50. The lowest BCUT2D eigenvalue weighted by Crippen LogP contribution is -2.17. The normalized spacial score (nSPS) is 10.4. The molecule has 25 heavy (non-hydrogen) atoms. The van der Waals surface area contributed by atoms with E-state index in [1.165, 1.54) is 0 Å². The van der Waals surface area contributed by atoms with Crippen LogP contribution in [0.25, 0.3) is 0 Å². The van der Waals surface area contributed by atoms with Gasteiger partial charge in [0.15, 0.2) is 0 Å². The van der Waals surface area contributed by atoms with Crippen LogP contribution >= 0.6 is 11.6 Å². The molecule has 0 radical (unpaired) electrons. The van der Waals surface area contributed by atoms with E-state index in [-0.39, 0.29) is 12.0 Å². The topological polar surface area (TPSA) is 59.6 Å². The van der Waals surface area contributed by atoms with Gasteiger partial charge in [0.25, 0.3) is 0 Å². The third-order valence-corrected chi connectivity index (χ3v) is 3.59. The van der Waals surface area contributed by atoms with Gasteiger partial charge in [0.05, 0.1) is 24.6 Å². The number of amides is 1. The molecule has 0 aromatic heterocycles. The Labute approximate surface area is 153 Å². The van der Waals surface area contributed by atoms with Gasteiger partial charge >= 0.3 is 0 Å². The van der Waals surface area contributed by atoms with E-state index in [4.69, 9.17) is 21.1 Å². The lowest BCUT2D eigenvalue weighted by Gasteiger charge is -2.15. The van der Waals surface area contributed by atoms with Crippen molar-refractivity contribution in [1.82, 2.24) is 0 Å². The van der Waals surface area contributed by atoms with Gasteiger partial charge in [-0.3, -0.25) is 4.79 Å². The highest BCUT2D eigenvalue weighted by atomic mass is 35.5. The van der Waals surface area contributed by atoms with Crippen molar-refractivity contribution in [3.63, 3.8) is 0 Å². The van der Waals surface area contributed by atoms with Crippen LogP contribution in [0.1, 0.15) is 20.3 Å². The molecule has 0 aliphatic rings. The molecule has 0 spiro atoms. The molecule has 5 nitrogen and oxygen atoms in total. The quantitative estimate of drug-likeness (QED) is 0.721. The average Bonchev–Trinajstić information content (AvgIpc) is 2.56. The smallest absolute Gasteiger partial charge is 0.226 e. The molecule has 0 aliphatic heterocycles. The zero-order chi connectivity index (χ0) is 18.2. The van der Waals surface area contributed by atoms with E-state index < -0.39 is 0 Å². The van der Waals surface area contributed by atoms with E-state index in [2.05, 4.69) is 10.6 Å². The summed E-state index contributed by atoms with van der Waals surface area (Å²) in [4.78, 5) is 12.2. The number of benzene rings is 2. The van der Waals surface area contributed by atoms with Crippen LogP contribution in [0, 0.1) is 0 Å². The highest BCUT2D eigenvalue weighted by Crippen LogP contribution is 2.28. The predicted octanol–water partition coefficient (Wildman–Crippen LogP) is 4.58. The Morgan fingerprint density at radius 2 is 1.88 bits per heavy atom. The van der Waals surface area contributed by atoms with Gasteiger partial charge in [0.2, 0.25) is 5.91 Å². The van der Waals surface area contributed by atoms with Gasteiger partial charge in [-0.1, -0.05) is 23.7 Å². The number of carbonyl (C=O) groups is 1. The second-order valence-corrected chi connectivity index (χ2v) is 6.17. The van der Waals surface area contributed by atoms with Gasteiger partial charge < -0.3 is 20.1 Å². The number of para-hydroxylation sites is 2. The Bertz CT molecular complexity index is 720. The molecule has 6 heteroatoms. The van der Waals surface area contributed by atoms with Crippen LogP contribution < -0.4 is 20.1 Å². The molecule has 2 rings (SSSR count). The van der Waals surface area contributed by atoms with E-state index in [1.54, 1.807) is 25.3 Å². The summed E-state index contributed by atoms with van der Waals surface area (Å²) in [5.41, 5.74) is 1.42. The zero-order valence-electron chi connectivity index (χ0n) is 14.6. The predicted molar refractivity (Wildman–Crippen MR) is 102 cm³/mol. The zero-order valence-corrected chi connectivity index (χ0v) is 15.4. The number of halogens is 1. The number of nitrogens with one attached hydrogen (secondary N) is 2. The van der Waals surface area contributed by atoms with Crippen molar-refractivity contribution in [2.45, 2.75) is 26.4 Å². The summed E-state index contributed by atoms with van der Waals surface area (Å²) in [5, 5.41) is 6.65. The van der Waals surface area contributed by atoms with Gasteiger partial charge in [0, 0.05) is 18.0 Å². The van der Waals surface area contributed by atoms with Crippen LogP contribution in [-0.4, -0.2) is 25.7 Å². The SMILES string of the molecule is COc1ccc(Cl)cc1NCCC(=O)Nc1ccccc1OC(C)C. The highest BCUT2D eigenvalue weighted by Gasteiger charge is 2.09. The van der Waals surface area contributed by atoms with Crippen molar-refractivity contribution in [3.8, 4) is 11.5 Å². The van der Waals surface area contributed by atoms with E-state index in [9.17, 15) is 4.79 Å². The Hall–Kier alpha value is -2.40. The Kier molecular flexibility index (Phi) is 6.95. The molecule has 0 atom stereocenters. The van der Waals surface area contributed by atoms with Gasteiger partial charge in [-0.15, -0.1) is 0 Å². The number of anilines is 2. The third kappa shape index (κ3) is 5.87. The Morgan fingerprint density at radius 3 is 2.60 bits per heavy atom. The number of hydrogen-bond acceptors (Lipinski definition) is 4. The van der Waals surface area contributed by atoms with Crippen molar-refractivity contribution in [2.75, 3.05) is 24.3 Å². The molecular weight excluding hydrogens is 340 g/mol. The van der Waals surface area contributed by atoms with Gasteiger partial charge in [-0.25, -0.2) is 0 Å². The van der Waals surface area contributed by atoms with Crippen LogP contribution in [0.15, 0.2) is 42.5 Å². The van der Waals surface area contributed by atoms with E-state index in [0.717, 1.165) is 5.69 Å². The minimum Gasteiger partial charge on any atom is -0.495 e. The third-order valence-electron chi connectivity index (χ3n) is 3.35. The van der Waals surface area contributed by atoms with Crippen molar-refractivity contribution in [2.24, 2.45) is 0 Å². The average molecular weight is 363 g/mol. The molecule has 0 saturated heterocycles. The maximum Gasteiger partial charge on any atom is 0.226 e. The molecule has 0 fully saturated rings. The Morgan fingerprint density at radius 1 is 1.12 bits per heavy atom. The highest BCUT2D eigenvalue weighted by molar-refractivity contribution is 6.30. The van der Waals surface area contributed by atoms with E-state index >= 15 is 0 Å². The molecule has 1 amide bonds. The summed E-state index contributed by atoms with van der Waals surface area (Å²) < 4.78 is 11.0. The monoisotopic (exact) mass is 362 g/mol. The second-order valence-electron chi connectivity index (χ2n) is 5.73. The maximum absolute atomic E-state index is 12.2. The number of carbonyl (C=O) groups excluding carboxylic acids is 1. The summed E-state index contributed by atoms with van der Waals surface area (Å²) >= 11 is 5.99. The fourth-order valence-corrected chi connectivity index (χ4v) is 2.44. The minimum atomic E-state index is -0.103. The molecule has 2 N–H and O–H groups in total. The second kappa shape index (κ2) is 9.18. The van der Waals surface area contributed by atoms with Crippen molar-refractivity contribution >= 4 is 28.9 Å².